The zero-order valence-corrected chi connectivity index (χ0v) is 25.0. The molecule has 0 aliphatic carbocycles. The van der Waals surface area contributed by atoms with Crippen molar-refractivity contribution in [3.63, 3.8) is 0 Å². The predicted molar refractivity (Wildman–Crippen MR) is 168 cm³/mol. The molecule has 0 spiro atoms. The summed E-state index contributed by atoms with van der Waals surface area (Å²) in [4.78, 5) is 0.312. The lowest BCUT2D eigenvalue weighted by Gasteiger charge is -2.23. The second-order valence-electron chi connectivity index (χ2n) is 10.7. The van der Waals surface area contributed by atoms with Gasteiger partial charge in [-0.15, -0.1) is 10.2 Å². The Kier molecular flexibility index (Phi) is 9.15. The van der Waals surface area contributed by atoms with E-state index < -0.39 is 10.0 Å². The van der Waals surface area contributed by atoms with Gasteiger partial charge >= 0.3 is 0 Å². The maximum absolute atomic E-state index is 14.2. The number of hydrogen-bond acceptors (Lipinski definition) is 5. The van der Waals surface area contributed by atoms with Gasteiger partial charge in [-0.2, -0.15) is 4.31 Å². The van der Waals surface area contributed by atoms with Gasteiger partial charge < -0.3 is 10.3 Å². The number of anilines is 1. The molecule has 8 heteroatoms. The molecule has 5 aromatic rings. The van der Waals surface area contributed by atoms with E-state index in [-0.39, 0.29) is 6.54 Å². The fraction of sp³-hybridized carbons (Fsp3) is 0.235. The van der Waals surface area contributed by atoms with Crippen molar-refractivity contribution in [3.05, 3.63) is 131 Å². The van der Waals surface area contributed by atoms with Gasteiger partial charge in [0, 0.05) is 12.2 Å². The summed E-state index contributed by atoms with van der Waals surface area (Å²) in [5.41, 5.74) is 12.8. The molecule has 0 aliphatic rings. The van der Waals surface area contributed by atoms with Crippen LogP contribution >= 0.6 is 0 Å². The molecule has 42 heavy (non-hydrogen) atoms. The number of aromatic nitrogens is 3. The molecule has 4 aromatic carbocycles. The molecule has 0 radical (unpaired) electrons. The van der Waals surface area contributed by atoms with E-state index in [9.17, 15) is 8.42 Å². The molecular formula is C34H37N5O2S. The molecule has 1 heterocycles. The highest BCUT2D eigenvalue weighted by molar-refractivity contribution is 7.89. The summed E-state index contributed by atoms with van der Waals surface area (Å²) in [6, 6.07) is 31.7. The lowest BCUT2D eigenvalue weighted by atomic mass is 10.0. The molecule has 0 fully saturated rings. The van der Waals surface area contributed by atoms with Crippen molar-refractivity contribution < 1.29 is 8.42 Å². The van der Waals surface area contributed by atoms with Crippen LogP contribution in [0.1, 0.15) is 40.9 Å². The van der Waals surface area contributed by atoms with E-state index in [1.165, 1.54) is 5.56 Å². The van der Waals surface area contributed by atoms with Crippen LogP contribution in [-0.4, -0.2) is 34.0 Å². The molecule has 0 saturated heterocycles. The Bertz CT molecular complexity index is 1730. The number of rotatable bonds is 12. The van der Waals surface area contributed by atoms with Crippen LogP contribution in [0, 0.1) is 13.8 Å². The standard InChI is InChI=1S/C34H37N5O2S/c1-26-9-8-13-30(21-26)31-16-19-33(27(2)22-31)42(40,41)39(20-7-6-12-28-10-4-3-5-11-28)24-34-37-36-25-38(34)23-29-14-17-32(35)18-15-29/h3-5,8-11,13-19,21-22,25H,6-7,12,20,23-24,35H2,1-2H3. The van der Waals surface area contributed by atoms with Crippen LogP contribution in [0.4, 0.5) is 5.69 Å². The molecule has 216 valence electrons. The second-order valence-corrected chi connectivity index (χ2v) is 12.7. The zero-order chi connectivity index (χ0) is 29.5. The maximum Gasteiger partial charge on any atom is 0.243 e. The van der Waals surface area contributed by atoms with Crippen molar-refractivity contribution in [2.75, 3.05) is 12.3 Å². The topological polar surface area (TPSA) is 94.1 Å². The van der Waals surface area contributed by atoms with Crippen molar-refractivity contribution >= 4 is 15.7 Å². The van der Waals surface area contributed by atoms with Crippen LogP contribution in [0.3, 0.4) is 0 Å². The minimum atomic E-state index is -3.82. The first-order valence-electron chi connectivity index (χ1n) is 14.2. The summed E-state index contributed by atoms with van der Waals surface area (Å²) in [5.74, 6) is 0.590. The fourth-order valence-corrected chi connectivity index (χ4v) is 6.78. The Morgan fingerprint density at radius 2 is 1.57 bits per heavy atom. The van der Waals surface area contributed by atoms with Gasteiger partial charge in [0.2, 0.25) is 10.0 Å². The third kappa shape index (κ3) is 7.13. The molecule has 0 aliphatic heterocycles. The van der Waals surface area contributed by atoms with Gasteiger partial charge in [-0.25, -0.2) is 8.42 Å². The van der Waals surface area contributed by atoms with E-state index in [0.29, 0.717) is 35.1 Å². The molecule has 7 nitrogen and oxygen atoms in total. The third-order valence-corrected chi connectivity index (χ3v) is 9.46. The van der Waals surface area contributed by atoms with Gasteiger partial charge in [0.1, 0.15) is 12.2 Å². The molecule has 2 N–H and O–H groups in total. The van der Waals surface area contributed by atoms with Crippen LogP contribution in [0.25, 0.3) is 11.1 Å². The van der Waals surface area contributed by atoms with E-state index in [1.54, 1.807) is 16.7 Å². The number of benzene rings is 4. The van der Waals surface area contributed by atoms with Gasteiger partial charge in [0.15, 0.2) is 0 Å². The minimum Gasteiger partial charge on any atom is -0.399 e. The van der Waals surface area contributed by atoms with Gasteiger partial charge in [-0.1, -0.05) is 84.4 Å². The van der Waals surface area contributed by atoms with Gasteiger partial charge in [-0.05, 0) is 79.1 Å². The number of nitrogens with zero attached hydrogens (tertiary/aromatic N) is 4. The molecule has 0 amide bonds. The summed E-state index contributed by atoms with van der Waals surface area (Å²) >= 11 is 0. The lowest BCUT2D eigenvalue weighted by molar-refractivity contribution is 0.381. The smallest absolute Gasteiger partial charge is 0.243 e. The van der Waals surface area contributed by atoms with E-state index in [0.717, 1.165) is 41.5 Å². The Morgan fingerprint density at radius 3 is 2.31 bits per heavy atom. The maximum atomic E-state index is 14.2. The summed E-state index contributed by atoms with van der Waals surface area (Å²) in [6.07, 6.45) is 4.14. The summed E-state index contributed by atoms with van der Waals surface area (Å²) < 4.78 is 31.9. The van der Waals surface area contributed by atoms with Crippen LogP contribution in [0.5, 0.6) is 0 Å². The molecule has 0 saturated carbocycles. The Labute approximate surface area is 248 Å². The second kappa shape index (κ2) is 13.1. The number of hydrogen-bond donors (Lipinski definition) is 1. The summed E-state index contributed by atoms with van der Waals surface area (Å²) in [6.45, 7) is 4.94. The van der Waals surface area contributed by atoms with Gasteiger partial charge in [0.25, 0.3) is 0 Å². The van der Waals surface area contributed by atoms with E-state index >= 15 is 0 Å². The summed E-state index contributed by atoms with van der Waals surface area (Å²) in [5, 5.41) is 8.44. The zero-order valence-electron chi connectivity index (χ0n) is 24.1. The van der Waals surface area contributed by atoms with Crippen LogP contribution < -0.4 is 5.73 Å². The number of sulfonamides is 1. The average Bonchev–Trinajstić information content (AvgIpc) is 3.42. The van der Waals surface area contributed by atoms with E-state index in [1.807, 2.05) is 78.2 Å². The first kappa shape index (κ1) is 29.2. The van der Waals surface area contributed by atoms with Crippen molar-refractivity contribution in [3.8, 4) is 11.1 Å². The van der Waals surface area contributed by atoms with Gasteiger partial charge in [-0.3, -0.25) is 0 Å². The quantitative estimate of drug-likeness (QED) is 0.136. The monoisotopic (exact) mass is 579 g/mol. The Morgan fingerprint density at radius 1 is 0.810 bits per heavy atom. The van der Waals surface area contributed by atoms with Crippen molar-refractivity contribution in [1.82, 2.24) is 19.1 Å². The Hall–Kier alpha value is -4.27. The molecule has 1 aromatic heterocycles. The minimum absolute atomic E-state index is 0.127. The van der Waals surface area contributed by atoms with E-state index in [4.69, 9.17) is 5.73 Å². The largest absolute Gasteiger partial charge is 0.399 e. The third-order valence-electron chi connectivity index (χ3n) is 7.46. The number of nitrogen functional groups attached to an aromatic ring is 1. The number of aryl methyl sites for hydroxylation is 3. The lowest BCUT2D eigenvalue weighted by Crippen LogP contribution is -2.33. The van der Waals surface area contributed by atoms with Crippen LogP contribution in [0.2, 0.25) is 0 Å². The SMILES string of the molecule is Cc1cccc(-c2ccc(S(=O)(=O)N(CCCCc3ccccc3)Cc3nncn3Cc3ccc(N)cc3)c(C)c2)c1. The number of unbranched alkanes of at least 4 members (excludes halogenated alkanes) is 1. The molecule has 0 atom stereocenters. The van der Waals surface area contributed by atoms with Crippen molar-refractivity contribution in [2.24, 2.45) is 0 Å². The van der Waals surface area contributed by atoms with E-state index in [2.05, 4.69) is 41.4 Å². The van der Waals surface area contributed by atoms with Gasteiger partial charge in [0.05, 0.1) is 18.0 Å². The van der Waals surface area contributed by atoms with Crippen LogP contribution in [-0.2, 0) is 29.5 Å². The summed E-state index contributed by atoms with van der Waals surface area (Å²) in [7, 11) is -3.82. The molecule has 5 rings (SSSR count). The first-order chi connectivity index (χ1) is 20.3. The fourth-order valence-electron chi connectivity index (χ4n) is 5.14. The highest BCUT2D eigenvalue weighted by atomic mass is 32.2. The highest BCUT2D eigenvalue weighted by Gasteiger charge is 2.28. The van der Waals surface area contributed by atoms with Crippen molar-refractivity contribution in [2.45, 2.75) is 51.1 Å². The predicted octanol–water partition coefficient (Wildman–Crippen LogP) is 6.41. The molecule has 0 unspecified atom stereocenters. The highest BCUT2D eigenvalue weighted by Crippen LogP contribution is 2.28. The average molecular weight is 580 g/mol. The van der Waals surface area contributed by atoms with Crippen molar-refractivity contribution in [1.29, 1.82) is 0 Å². The molecular weight excluding hydrogens is 542 g/mol. The molecule has 0 bridgehead atoms. The van der Waals surface area contributed by atoms with Crippen LogP contribution in [0.15, 0.2) is 108 Å². The normalized spacial score (nSPS) is 11.7. The Balaban J connectivity index is 1.40. The first-order valence-corrected chi connectivity index (χ1v) is 15.7. The number of nitrogens with two attached hydrogens (primary N) is 1.